The van der Waals surface area contributed by atoms with Gasteiger partial charge in [0.2, 0.25) is 5.91 Å². The summed E-state index contributed by atoms with van der Waals surface area (Å²) in [7, 11) is 0. The molecule has 3 rings (SSSR count). The third-order valence-electron chi connectivity index (χ3n) is 6.23. The highest BCUT2D eigenvalue weighted by molar-refractivity contribution is 5.78. The SMILES string of the molecule is CC(C)[C@H](C#N)N1CCN(C(=O)CN2CCOCC23CCCC3)CC1. The molecule has 3 aliphatic rings. The summed E-state index contributed by atoms with van der Waals surface area (Å²) in [6.45, 7) is 10.2. The lowest BCUT2D eigenvalue weighted by Crippen LogP contribution is -2.59. The molecule has 0 aromatic heterocycles. The number of hydrogen-bond donors (Lipinski definition) is 0. The van der Waals surface area contributed by atoms with Crippen molar-refractivity contribution in [1.29, 1.82) is 5.26 Å². The largest absolute Gasteiger partial charge is 0.378 e. The number of hydrogen-bond acceptors (Lipinski definition) is 5. The molecule has 0 aromatic rings. The molecule has 1 aliphatic carbocycles. The fourth-order valence-electron chi connectivity index (χ4n) is 4.67. The van der Waals surface area contributed by atoms with Crippen molar-refractivity contribution in [1.82, 2.24) is 14.7 Å². The zero-order chi connectivity index (χ0) is 17.9. The first kappa shape index (κ1) is 18.6. The summed E-state index contributed by atoms with van der Waals surface area (Å²) in [4.78, 5) is 19.5. The fourth-order valence-corrected chi connectivity index (χ4v) is 4.67. The van der Waals surface area contributed by atoms with Crippen molar-refractivity contribution in [3.8, 4) is 6.07 Å². The Morgan fingerprint density at radius 2 is 1.84 bits per heavy atom. The van der Waals surface area contributed by atoms with E-state index in [0.29, 0.717) is 12.5 Å². The lowest BCUT2D eigenvalue weighted by atomic mass is 9.94. The van der Waals surface area contributed by atoms with E-state index >= 15 is 0 Å². The second-order valence-corrected chi connectivity index (χ2v) is 8.14. The van der Waals surface area contributed by atoms with Crippen LogP contribution < -0.4 is 0 Å². The minimum absolute atomic E-state index is 0.0433. The van der Waals surface area contributed by atoms with Gasteiger partial charge < -0.3 is 9.64 Å². The molecule has 140 valence electrons. The fraction of sp³-hybridized carbons (Fsp3) is 0.895. The second kappa shape index (κ2) is 8.03. The number of nitriles is 1. The van der Waals surface area contributed by atoms with Crippen LogP contribution in [0, 0.1) is 17.2 Å². The Kier molecular flexibility index (Phi) is 5.98. The van der Waals surface area contributed by atoms with Crippen LogP contribution in [0.2, 0.25) is 0 Å². The predicted octanol–water partition coefficient (Wildman–Crippen LogP) is 1.32. The van der Waals surface area contributed by atoms with Gasteiger partial charge in [-0.2, -0.15) is 5.26 Å². The summed E-state index contributed by atoms with van der Waals surface area (Å²) in [6, 6.07) is 2.37. The van der Waals surface area contributed by atoms with Crippen molar-refractivity contribution in [2.24, 2.45) is 5.92 Å². The minimum Gasteiger partial charge on any atom is -0.378 e. The first-order chi connectivity index (χ1) is 12.1. The van der Waals surface area contributed by atoms with E-state index in [1.54, 1.807) is 0 Å². The monoisotopic (exact) mass is 348 g/mol. The van der Waals surface area contributed by atoms with E-state index in [1.165, 1.54) is 12.8 Å². The molecular formula is C19H32N4O2. The van der Waals surface area contributed by atoms with Crippen LogP contribution in [0.5, 0.6) is 0 Å². The van der Waals surface area contributed by atoms with E-state index < -0.39 is 0 Å². The Balaban J connectivity index is 1.53. The summed E-state index contributed by atoms with van der Waals surface area (Å²) in [6.07, 6.45) is 4.81. The zero-order valence-corrected chi connectivity index (χ0v) is 15.7. The highest BCUT2D eigenvalue weighted by Gasteiger charge is 2.43. The topological polar surface area (TPSA) is 59.8 Å². The maximum Gasteiger partial charge on any atom is 0.236 e. The number of rotatable bonds is 4. The maximum absolute atomic E-state index is 12.8. The van der Waals surface area contributed by atoms with E-state index in [4.69, 9.17) is 4.74 Å². The molecule has 1 saturated carbocycles. The Morgan fingerprint density at radius 1 is 1.16 bits per heavy atom. The number of carbonyl (C=O) groups is 1. The lowest BCUT2D eigenvalue weighted by molar-refractivity contribution is -0.140. The van der Waals surface area contributed by atoms with E-state index in [-0.39, 0.29) is 17.5 Å². The highest BCUT2D eigenvalue weighted by Crippen LogP contribution is 2.37. The summed E-state index contributed by atoms with van der Waals surface area (Å²) in [5.41, 5.74) is 0.110. The smallest absolute Gasteiger partial charge is 0.236 e. The minimum atomic E-state index is -0.0433. The molecule has 1 spiro atoms. The van der Waals surface area contributed by atoms with Crippen molar-refractivity contribution >= 4 is 5.91 Å². The van der Waals surface area contributed by atoms with Gasteiger partial charge >= 0.3 is 0 Å². The number of morpholine rings is 1. The van der Waals surface area contributed by atoms with Crippen LogP contribution in [0.1, 0.15) is 39.5 Å². The number of amides is 1. The predicted molar refractivity (Wildman–Crippen MR) is 96.0 cm³/mol. The molecule has 2 aliphatic heterocycles. The molecule has 0 radical (unpaired) electrons. The first-order valence-corrected chi connectivity index (χ1v) is 9.80. The molecule has 1 amide bonds. The molecule has 0 aromatic carbocycles. The van der Waals surface area contributed by atoms with E-state index in [0.717, 1.165) is 58.8 Å². The Labute approximate surface area is 151 Å². The van der Waals surface area contributed by atoms with Crippen LogP contribution in [0.4, 0.5) is 0 Å². The quantitative estimate of drug-likeness (QED) is 0.767. The Hall–Kier alpha value is -1.16. The van der Waals surface area contributed by atoms with Crippen molar-refractivity contribution in [2.75, 3.05) is 52.5 Å². The third kappa shape index (κ3) is 3.99. The van der Waals surface area contributed by atoms with Gasteiger partial charge in [-0.15, -0.1) is 0 Å². The second-order valence-electron chi connectivity index (χ2n) is 8.14. The molecule has 25 heavy (non-hydrogen) atoms. The average Bonchev–Trinajstić information content (AvgIpc) is 3.07. The van der Waals surface area contributed by atoms with E-state index in [9.17, 15) is 10.1 Å². The first-order valence-electron chi connectivity index (χ1n) is 9.80. The van der Waals surface area contributed by atoms with Gasteiger partial charge in [-0.1, -0.05) is 26.7 Å². The van der Waals surface area contributed by atoms with E-state index in [2.05, 4.69) is 29.7 Å². The van der Waals surface area contributed by atoms with Gasteiger partial charge in [0.1, 0.15) is 6.04 Å². The zero-order valence-electron chi connectivity index (χ0n) is 15.7. The van der Waals surface area contributed by atoms with E-state index in [1.807, 2.05) is 4.90 Å². The van der Waals surface area contributed by atoms with Gasteiger partial charge in [0, 0.05) is 38.3 Å². The van der Waals surface area contributed by atoms with Gasteiger partial charge in [0.05, 0.1) is 25.8 Å². The van der Waals surface area contributed by atoms with Gasteiger partial charge in [-0.25, -0.2) is 0 Å². The van der Waals surface area contributed by atoms with Crippen LogP contribution in [0.15, 0.2) is 0 Å². The van der Waals surface area contributed by atoms with Crippen molar-refractivity contribution in [2.45, 2.75) is 51.1 Å². The lowest BCUT2D eigenvalue weighted by Gasteiger charge is -2.45. The number of nitrogens with zero attached hydrogens (tertiary/aromatic N) is 4. The van der Waals surface area contributed by atoms with Gasteiger partial charge in [0.25, 0.3) is 0 Å². The average molecular weight is 348 g/mol. The summed E-state index contributed by atoms with van der Waals surface area (Å²) < 4.78 is 5.74. The van der Waals surface area contributed by atoms with Crippen LogP contribution in [0.25, 0.3) is 0 Å². The van der Waals surface area contributed by atoms with Gasteiger partial charge in [0.15, 0.2) is 0 Å². The van der Waals surface area contributed by atoms with Crippen molar-refractivity contribution < 1.29 is 9.53 Å². The number of ether oxygens (including phenoxy) is 1. The molecule has 2 saturated heterocycles. The van der Waals surface area contributed by atoms with Crippen LogP contribution in [0.3, 0.4) is 0 Å². The Morgan fingerprint density at radius 3 is 2.44 bits per heavy atom. The third-order valence-corrected chi connectivity index (χ3v) is 6.23. The van der Waals surface area contributed by atoms with Crippen LogP contribution in [-0.2, 0) is 9.53 Å². The molecule has 0 unspecified atom stereocenters. The molecule has 0 bridgehead atoms. The van der Waals surface area contributed by atoms with Crippen molar-refractivity contribution in [3.05, 3.63) is 0 Å². The summed E-state index contributed by atoms with van der Waals surface area (Å²) in [5, 5.41) is 9.37. The van der Waals surface area contributed by atoms with Gasteiger partial charge in [-0.05, 0) is 18.8 Å². The standard InChI is InChI=1S/C19H32N4O2/c1-16(2)17(13-20)21-7-9-22(10-8-21)18(24)14-23-11-12-25-15-19(23)5-3-4-6-19/h16-17H,3-12,14-15H2,1-2H3/t17-/m0/s1. The van der Waals surface area contributed by atoms with Crippen LogP contribution >= 0.6 is 0 Å². The van der Waals surface area contributed by atoms with Gasteiger partial charge in [-0.3, -0.25) is 14.6 Å². The maximum atomic E-state index is 12.8. The molecule has 1 atom stereocenters. The number of carbonyl (C=O) groups excluding carboxylic acids is 1. The molecular weight excluding hydrogens is 316 g/mol. The summed E-state index contributed by atoms with van der Waals surface area (Å²) in [5.74, 6) is 0.564. The Bertz CT molecular complexity index is 502. The van der Waals surface area contributed by atoms with Crippen molar-refractivity contribution in [3.63, 3.8) is 0 Å². The molecule has 6 heteroatoms. The summed E-state index contributed by atoms with van der Waals surface area (Å²) >= 11 is 0. The normalized spacial score (nSPS) is 26.1. The van der Waals surface area contributed by atoms with Crippen LogP contribution in [-0.4, -0.2) is 84.7 Å². The number of piperazine rings is 1. The highest BCUT2D eigenvalue weighted by atomic mass is 16.5. The molecule has 3 fully saturated rings. The molecule has 0 N–H and O–H groups in total. The molecule has 2 heterocycles. The molecule has 6 nitrogen and oxygen atoms in total.